The third kappa shape index (κ3) is 3.08. The number of carbonyl (C=O) groups excluding carboxylic acids is 2. The molecule has 0 aromatic heterocycles. The molecule has 0 aromatic carbocycles. The van der Waals surface area contributed by atoms with E-state index in [1.54, 1.807) is 0 Å². The first-order valence-corrected chi connectivity index (χ1v) is 8.02. The van der Waals surface area contributed by atoms with Gasteiger partial charge in [0.15, 0.2) is 0 Å². The van der Waals surface area contributed by atoms with Crippen LogP contribution in [-0.2, 0) is 14.4 Å². The number of carboxylic acid groups (broad SMARTS) is 1. The van der Waals surface area contributed by atoms with Crippen molar-refractivity contribution in [3.05, 3.63) is 0 Å². The highest BCUT2D eigenvalue weighted by atomic mass is 32.2. The Morgan fingerprint density at radius 1 is 1.45 bits per heavy atom. The van der Waals surface area contributed by atoms with Crippen LogP contribution >= 0.6 is 11.8 Å². The normalized spacial score (nSPS) is 26.4. The zero-order valence-electron chi connectivity index (χ0n) is 11.6. The number of hydrogen-bond acceptors (Lipinski definition) is 4. The van der Waals surface area contributed by atoms with Crippen molar-refractivity contribution in [1.82, 2.24) is 9.80 Å². The quantitative estimate of drug-likeness (QED) is 0.811. The number of rotatable bonds is 5. The number of nitrogens with zero attached hydrogens (tertiary/aromatic N) is 2. The molecule has 2 fully saturated rings. The van der Waals surface area contributed by atoms with Crippen LogP contribution in [0.4, 0.5) is 0 Å². The van der Waals surface area contributed by atoms with Crippen LogP contribution in [0.25, 0.3) is 0 Å². The van der Waals surface area contributed by atoms with Crippen LogP contribution in [0.2, 0.25) is 0 Å². The van der Waals surface area contributed by atoms with Crippen LogP contribution in [0.15, 0.2) is 0 Å². The predicted molar refractivity (Wildman–Crippen MR) is 75.2 cm³/mol. The number of carbonyl (C=O) groups is 3. The van der Waals surface area contributed by atoms with Gasteiger partial charge in [-0.15, -0.1) is 11.8 Å². The third-order valence-electron chi connectivity index (χ3n) is 3.70. The lowest BCUT2D eigenvalue weighted by Gasteiger charge is -2.29. The Balaban J connectivity index is 2.06. The summed E-state index contributed by atoms with van der Waals surface area (Å²) >= 11 is 1.52. The molecule has 0 radical (unpaired) electrons. The van der Waals surface area contributed by atoms with E-state index in [-0.39, 0.29) is 23.7 Å². The molecule has 2 aliphatic rings. The number of likely N-dealkylation sites (tertiary alicyclic amines) is 1. The first kappa shape index (κ1) is 15.2. The molecule has 2 saturated heterocycles. The van der Waals surface area contributed by atoms with Gasteiger partial charge in [-0.2, -0.15) is 0 Å². The minimum atomic E-state index is -0.961. The van der Waals surface area contributed by atoms with Gasteiger partial charge < -0.3 is 14.9 Å². The molecule has 20 heavy (non-hydrogen) atoms. The Labute approximate surface area is 122 Å². The van der Waals surface area contributed by atoms with Crippen LogP contribution < -0.4 is 0 Å². The van der Waals surface area contributed by atoms with E-state index >= 15 is 0 Å². The number of hydrogen-bond donors (Lipinski definition) is 1. The lowest BCUT2D eigenvalue weighted by molar-refractivity contribution is -0.150. The minimum absolute atomic E-state index is 0.0101. The van der Waals surface area contributed by atoms with Crippen molar-refractivity contribution < 1.29 is 19.5 Å². The van der Waals surface area contributed by atoms with Gasteiger partial charge in [-0.3, -0.25) is 9.59 Å². The molecule has 2 atom stereocenters. The molecular weight excluding hydrogens is 280 g/mol. The van der Waals surface area contributed by atoms with E-state index in [2.05, 4.69) is 0 Å². The topological polar surface area (TPSA) is 77.9 Å². The molecule has 0 aromatic rings. The fourth-order valence-corrected chi connectivity index (χ4v) is 4.21. The van der Waals surface area contributed by atoms with Crippen molar-refractivity contribution in [2.24, 2.45) is 0 Å². The van der Waals surface area contributed by atoms with E-state index in [0.717, 1.165) is 19.3 Å². The molecule has 2 unspecified atom stereocenters. The van der Waals surface area contributed by atoms with Crippen LogP contribution in [0, 0.1) is 0 Å². The van der Waals surface area contributed by atoms with Gasteiger partial charge in [-0.05, 0) is 12.8 Å². The summed E-state index contributed by atoms with van der Waals surface area (Å²) < 4.78 is 0. The average molecular weight is 300 g/mol. The molecule has 2 rings (SSSR count). The zero-order chi connectivity index (χ0) is 14.7. The van der Waals surface area contributed by atoms with Gasteiger partial charge in [-0.25, -0.2) is 4.79 Å². The SMILES string of the molecule is CCCC1SCC(C(=O)O)N1C(=O)CN1CCCC1=O. The van der Waals surface area contributed by atoms with Gasteiger partial charge in [0.1, 0.15) is 6.04 Å². The minimum Gasteiger partial charge on any atom is -0.480 e. The lowest BCUT2D eigenvalue weighted by Crippen LogP contribution is -2.49. The van der Waals surface area contributed by atoms with Crippen LogP contribution in [0.1, 0.15) is 32.6 Å². The van der Waals surface area contributed by atoms with Gasteiger partial charge in [0, 0.05) is 18.7 Å². The van der Waals surface area contributed by atoms with Crippen molar-refractivity contribution in [1.29, 1.82) is 0 Å². The highest BCUT2D eigenvalue weighted by Gasteiger charge is 2.41. The molecule has 0 aliphatic carbocycles. The molecule has 0 bridgehead atoms. The van der Waals surface area contributed by atoms with Gasteiger partial charge >= 0.3 is 5.97 Å². The highest BCUT2D eigenvalue weighted by molar-refractivity contribution is 8.00. The largest absolute Gasteiger partial charge is 0.480 e. The van der Waals surface area contributed by atoms with E-state index in [1.807, 2.05) is 6.92 Å². The lowest BCUT2D eigenvalue weighted by atomic mass is 10.2. The Bertz CT molecular complexity index is 415. The molecule has 7 heteroatoms. The second kappa shape index (κ2) is 6.47. The van der Waals surface area contributed by atoms with E-state index in [9.17, 15) is 19.5 Å². The van der Waals surface area contributed by atoms with E-state index in [1.165, 1.54) is 21.6 Å². The molecule has 6 nitrogen and oxygen atoms in total. The Hall–Kier alpha value is -1.24. The van der Waals surface area contributed by atoms with E-state index in [0.29, 0.717) is 18.7 Å². The fourth-order valence-electron chi connectivity index (χ4n) is 2.67. The predicted octanol–water partition coefficient (Wildman–Crippen LogP) is 0.764. The molecule has 2 heterocycles. The fraction of sp³-hybridized carbons (Fsp3) is 0.769. The van der Waals surface area contributed by atoms with Crippen molar-refractivity contribution in [2.75, 3.05) is 18.8 Å². The van der Waals surface area contributed by atoms with Gasteiger partial charge in [0.25, 0.3) is 0 Å². The number of aliphatic carboxylic acids is 1. The average Bonchev–Trinajstić information content (AvgIpc) is 2.97. The summed E-state index contributed by atoms with van der Waals surface area (Å²) in [5.41, 5.74) is 0. The monoisotopic (exact) mass is 300 g/mol. The second-order valence-electron chi connectivity index (χ2n) is 5.15. The molecule has 112 valence electrons. The molecule has 2 amide bonds. The van der Waals surface area contributed by atoms with E-state index in [4.69, 9.17) is 0 Å². The van der Waals surface area contributed by atoms with Crippen molar-refractivity contribution in [3.63, 3.8) is 0 Å². The van der Waals surface area contributed by atoms with Crippen molar-refractivity contribution in [2.45, 2.75) is 44.0 Å². The first-order chi connectivity index (χ1) is 9.54. The van der Waals surface area contributed by atoms with Gasteiger partial charge in [-0.1, -0.05) is 13.3 Å². The Kier molecular flexibility index (Phi) is 4.91. The standard InChI is InChI=1S/C13H20N2O4S/c1-2-4-12-15(9(8-20-12)13(18)19)11(17)7-14-6-3-5-10(14)16/h9,12H,2-8H2,1H3,(H,18,19). The number of amides is 2. The summed E-state index contributed by atoms with van der Waals surface area (Å²) in [5, 5.41) is 9.17. The summed E-state index contributed by atoms with van der Waals surface area (Å²) in [5.74, 6) is -0.780. The van der Waals surface area contributed by atoms with Crippen LogP contribution in [-0.4, -0.2) is 62.9 Å². The van der Waals surface area contributed by atoms with Gasteiger partial charge in [0.05, 0.1) is 11.9 Å². The smallest absolute Gasteiger partial charge is 0.327 e. The summed E-state index contributed by atoms with van der Waals surface area (Å²) in [7, 11) is 0. The Morgan fingerprint density at radius 3 is 2.75 bits per heavy atom. The molecular formula is C13H20N2O4S. The third-order valence-corrected chi connectivity index (χ3v) is 5.05. The number of thioether (sulfide) groups is 1. The molecule has 2 aliphatic heterocycles. The van der Waals surface area contributed by atoms with Crippen LogP contribution in [0.5, 0.6) is 0 Å². The van der Waals surface area contributed by atoms with Crippen LogP contribution in [0.3, 0.4) is 0 Å². The highest BCUT2D eigenvalue weighted by Crippen LogP contribution is 2.32. The van der Waals surface area contributed by atoms with Crippen molar-refractivity contribution in [3.8, 4) is 0 Å². The maximum atomic E-state index is 12.4. The molecule has 1 N–H and O–H groups in total. The summed E-state index contributed by atoms with van der Waals surface area (Å²) in [4.78, 5) is 38.3. The maximum Gasteiger partial charge on any atom is 0.327 e. The molecule has 0 spiro atoms. The summed E-state index contributed by atoms with van der Waals surface area (Å²) in [6, 6.07) is -0.762. The second-order valence-corrected chi connectivity index (χ2v) is 6.36. The summed E-state index contributed by atoms with van der Waals surface area (Å²) in [6.45, 7) is 2.63. The number of carboxylic acids is 1. The summed E-state index contributed by atoms with van der Waals surface area (Å²) in [6.07, 6.45) is 2.95. The maximum absolute atomic E-state index is 12.4. The Morgan fingerprint density at radius 2 is 2.20 bits per heavy atom. The van der Waals surface area contributed by atoms with E-state index < -0.39 is 12.0 Å². The van der Waals surface area contributed by atoms with Gasteiger partial charge in [0.2, 0.25) is 11.8 Å². The zero-order valence-corrected chi connectivity index (χ0v) is 12.4. The molecule has 0 saturated carbocycles. The van der Waals surface area contributed by atoms with Crippen molar-refractivity contribution >= 4 is 29.5 Å². The first-order valence-electron chi connectivity index (χ1n) is 6.98.